The van der Waals surface area contributed by atoms with Crippen LogP contribution in [0.1, 0.15) is 5.56 Å². The molecule has 2 aromatic carbocycles. The third kappa shape index (κ3) is 3.97. The monoisotopic (exact) mass is 336 g/mol. The number of nitriles is 1. The number of carbonyl (C=O) groups excluding carboxylic acids is 2. The molecule has 8 heteroatoms. The second-order valence-corrected chi connectivity index (χ2v) is 5.33. The van der Waals surface area contributed by atoms with Gasteiger partial charge in [0.05, 0.1) is 17.3 Å². The van der Waals surface area contributed by atoms with Crippen LogP contribution >= 0.6 is 0 Å². The molecule has 0 atom stereocenters. The fourth-order valence-electron chi connectivity index (χ4n) is 2.43. The van der Waals surface area contributed by atoms with Gasteiger partial charge in [-0.05, 0) is 36.4 Å². The van der Waals surface area contributed by atoms with E-state index in [1.807, 2.05) is 6.07 Å². The Balaban J connectivity index is 1.59. The van der Waals surface area contributed by atoms with E-state index in [2.05, 4.69) is 21.5 Å². The van der Waals surface area contributed by atoms with Gasteiger partial charge in [0.15, 0.2) is 0 Å². The van der Waals surface area contributed by atoms with E-state index in [0.29, 0.717) is 35.7 Å². The number of urea groups is 2. The van der Waals surface area contributed by atoms with Crippen LogP contribution in [0.2, 0.25) is 0 Å². The standard InChI is InChI=1S/C17H16N6O2/c18-11-12-3-1-5-14(9-12)21-22-16(24)20-13-4-2-6-15(10-13)23-8-7-19-17(23)25/h1-6,9-10,21H,7-8H2,(H,19,25)(H2,20,22,24). The maximum atomic E-state index is 12.0. The van der Waals surface area contributed by atoms with E-state index >= 15 is 0 Å². The number of rotatable bonds is 4. The van der Waals surface area contributed by atoms with Gasteiger partial charge in [-0.2, -0.15) is 5.26 Å². The number of amides is 4. The second-order valence-electron chi connectivity index (χ2n) is 5.33. The van der Waals surface area contributed by atoms with Crippen molar-refractivity contribution in [2.75, 3.05) is 28.7 Å². The minimum atomic E-state index is -0.467. The summed E-state index contributed by atoms with van der Waals surface area (Å²) in [6.45, 7) is 1.19. The normalized spacial score (nSPS) is 12.9. The lowest BCUT2D eigenvalue weighted by molar-refractivity contribution is 0.252. The van der Waals surface area contributed by atoms with E-state index in [1.54, 1.807) is 53.4 Å². The Morgan fingerprint density at radius 2 is 1.96 bits per heavy atom. The van der Waals surface area contributed by atoms with Crippen LogP contribution in [-0.4, -0.2) is 25.2 Å². The molecule has 0 bridgehead atoms. The van der Waals surface area contributed by atoms with Crippen LogP contribution in [0, 0.1) is 11.3 Å². The van der Waals surface area contributed by atoms with Gasteiger partial charge in [0.25, 0.3) is 0 Å². The Hall–Kier alpha value is -3.73. The molecule has 0 aliphatic carbocycles. The van der Waals surface area contributed by atoms with Crippen LogP contribution in [0.25, 0.3) is 0 Å². The predicted molar refractivity (Wildman–Crippen MR) is 94.1 cm³/mol. The molecule has 3 rings (SSSR count). The lowest BCUT2D eigenvalue weighted by Crippen LogP contribution is -2.33. The number of hydrogen-bond donors (Lipinski definition) is 4. The highest BCUT2D eigenvalue weighted by atomic mass is 16.2. The molecule has 0 spiro atoms. The first-order chi connectivity index (χ1) is 12.2. The van der Waals surface area contributed by atoms with Crippen molar-refractivity contribution in [3.8, 4) is 6.07 Å². The topological polar surface area (TPSA) is 109 Å². The van der Waals surface area contributed by atoms with E-state index in [-0.39, 0.29) is 6.03 Å². The summed E-state index contributed by atoms with van der Waals surface area (Å²) in [4.78, 5) is 25.3. The number of hydrogen-bond acceptors (Lipinski definition) is 4. The molecule has 1 aliphatic rings. The smallest absolute Gasteiger partial charge is 0.336 e. The van der Waals surface area contributed by atoms with Crippen molar-refractivity contribution in [1.82, 2.24) is 10.7 Å². The Kier molecular flexibility index (Phi) is 4.67. The van der Waals surface area contributed by atoms with Crippen LogP contribution in [-0.2, 0) is 0 Å². The molecule has 0 unspecified atom stereocenters. The van der Waals surface area contributed by atoms with Crippen molar-refractivity contribution >= 4 is 29.1 Å². The molecule has 1 fully saturated rings. The van der Waals surface area contributed by atoms with Crippen LogP contribution in [0.15, 0.2) is 48.5 Å². The van der Waals surface area contributed by atoms with Gasteiger partial charge in [0, 0.05) is 24.5 Å². The summed E-state index contributed by atoms with van der Waals surface area (Å²) < 4.78 is 0. The Morgan fingerprint density at radius 1 is 1.16 bits per heavy atom. The SMILES string of the molecule is N#Cc1cccc(NNC(=O)Nc2cccc(N3CCNC3=O)c2)c1. The number of anilines is 3. The van der Waals surface area contributed by atoms with Crippen molar-refractivity contribution in [3.05, 3.63) is 54.1 Å². The molecule has 1 aliphatic heterocycles. The number of nitrogens with one attached hydrogen (secondary N) is 4. The minimum absolute atomic E-state index is 0.152. The largest absolute Gasteiger partial charge is 0.337 e. The third-order valence-corrected chi connectivity index (χ3v) is 3.58. The highest BCUT2D eigenvalue weighted by Crippen LogP contribution is 2.20. The summed E-state index contributed by atoms with van der Waals surface area (Å²) >= 11 is 0. The lowest BCUT2D eigenvalue weighted by Gasteiger charge is -2.16. The Labute approximate surface area is 144 Å². The molecule has 1 saturated heterocycles. The minimum Gasteiger partial charge on any atom is -0.336 e. The molecule has 25 heavy (non-hydrogen) atoms. The molecular weight excluding hydrogens is 320 g/mol. The van der Waals surface area contributed by atoms with Crippen molar-refractivity contribution in [2.45, 2.75) is 0 Å². The molecule has 4 amide bonds. The summed E-state index contributed by atoms with van der Waals surface area (Å²) in [7, 11) is 0. The van der Waals surface area contributed by atoms with Gasteiger partial charge in [-0.15, -0.1) is 0 Å². The van der Waals surface area contributed by atoms with Crippen LogP contribution < -0.4 is 26.4 Å². The molecule has 0 aromatic heterocycles. The van der Waals surface area contributed by atoms with Crippen LogP contribution in [0.3, 0.4) is 0 Å². The highest BCUT2D eigenvalue weighted by Gasteiger charge is 2.21. The molecule has 0 radical (unpaired) electrons. The van der Waals surface area contributed by atoms with Gasteiger partial charge in [-0.25, -0.2) is 9.59 Å². The third-order valence-electron chi connectivity index (χ3n) is 3.58. The zero-order chi connectivity index (χ0) is 17.6. The van der Waals surface area contributed by atoms with E-state index < -0.39 is 6.03 Å². The van der Waals surface area contributed by atoms with Gasteiger partial charge < -0.3 is 10.6 Å². The van der Waals surface area contributed by atoms with Crippen LogP contribution in [0.4, 0.5) is 26.7 Å². The zero-order valence-corrected chi connectivity index (χ0v) is 13.2. The number of hydrazine groups is 1. The molecule has 2 aromatic rings. The second kappa shape index (κ2) is 7.23. The summed E-state index contributed by atoms with van der Waals surface area (Å²) in [5.41, 5.74) is 7.57. The number of carbonyl (C=O) groups is 2. The maximum absolute atomic E-state index is 12.0. The van der Waals surface area contributed by atoms with E-state index in [4.69, 9.17) is 5.26 Å². The Bertz CT molecular complexity index is 845. The molecular formula is C17H16N6O2. The molecule has 4 N–H and O–H groups in total. The summed E-state index contributed by atoms with van der Waals surface area (Å²) in [6.07, 6.45) is 0. The zero-order valence-electron chi connectivity index (χ0n) is 13.2. The van der Waals surface area contributed by atoms with Crippen molar-refractivity contribution < 1.29 is 9.59 Å². The van der Waals surface area contributed by atoms with Crippen molar-refractivity contribution in [2.24, 2.45) is 0 Å². The fourth-order valence-corrected chi connectivity index (χ4v) is 2.43. The quantitative estimate of drug-likeness (QED) is 0.642. The first-order valence-electron chi connectivity index (χ1n) is 7.64. The fraction of sp³-hybridized carbons (Fsp3) is 0.118. The molecule has 8 nitrogen and oxygen atoms in total. The summed E-state index contributed by atoms with van der Waals surface area (Å²) in [6, 6.07) is 15.2. The van der Waals surface area contributed by atoms with Gasteiger partial charge in [0.1, 0.15) is 0 Å². The predicted octanol–water partition coefficient (Wildman–Crippen LogP) is 2.24. The summed E-state index contributed by atoms with van der Waals surface area (Å²) in [5.74, 6) is 0. The van der Waals surface area contributed by atoms with Gasteiger partial charge in [-0.3, -0.25) is 15.8 Å². The van der Waals surface area contributed by atoms with Gasteiger partial charge in [0.2, 0.25) is 0 Å². The first kappa shape index (κ1) is 16.1. The highest BCUT2D eigenvalue weighted by molar-refractivity contribution is 5.96. The lowest BCUT2D eigenvalue weighted by atomic mass is 10.2. The van der Waals surface area contributed by atoms with Crippen molar-refractivity contribution in [1.29, 1.82) is 5.26 Å². The van der Waals surface area contributed by atoms with Gasteiger partial charge >= 0.3 is 12.1 Å². The maximum Gasteiger partial charge on any atom is 0.337 e. The Morgan fingerprint density at radius 3 is 2.72 bits per heavy atom. The van der Waals surface area contributed by atoms with E-state index in [9.17, 15) is 9.59 Å². The average Bonchev–Trinajstić information content (AvgIpc) is 3.06. The van der Waals surface area contributed by atoms with E-state index in [1.165, 1.54) is 0 Å². The molecule has 126 valence electrons. The average molecular weight is 336 g/mol. The first-order valence-corrected chi connectivity index (χ1v) is 7.64. The van der Waals surface area contributed by atoms with E-state index in [0.717, 1.165) is 0 Å². The molecule has 0 saturated carbocycles. The van der Waals surface area contributed by atoms with Crippen molar-refractivity contribution in [3.63, 3.8) is 0 Å². The van der Waals surface area contributed by atoms with Gasteiger partial charge in [-0.1, -0.05) is 12.1 Å². The number of nitrogens with zero attached hydrogens (tertiary/aromatic N) is 2. The molecule has 1 heterocycles. The van der Waals surface area contributed by atoms with Crippen LogP contribution in [0.5, 0.6) is 0 Å². The summed E-state index contributed by atoms with van der Waals surface area (Å²) in [5, 5.41) is 14.3. The number of benzene rings is 2.